The molecule has 0 unspecified atom stereocenters. The van der Waals surface area contributed by atoms with Gasteiger partial charge in [-0.2, -0.15) is 0 Å². The van der Waals surface area contributed by atoms with Crippen LogP contribution in [0.4, 0.5) is 5.69 Å². The van der Waals surface area contributed by atoms with E-state index in [-0.39, 0.29) is 20.1 Å². The molecule has 3 radical (unpaired) electrons. The van der Waals surface area contributed by atoms with Crippen molar-refractivity contribution in [1.82, 2.24) is 9.97 Å². The molecule has 0 saturated carbocycles. The molecule has 0 aliphatic carbocycles. The maximum atomic E-state index is 11.7. The minimum absolute atomic E-state index is 0. The standard InChI is InChI=1S/C12H9N3O2.B/c16-12-10(7-11-13-5-6-14-11)17-9-4-2-1-3-8(9)15-12;/h1-7H,(H,13,14)(H,15,16);. The van der Waals surface area contributed by atoms with Gasteiger partial charge in [0.05, 0.1) is 5.69 Å². The molecule has 0 saturated heterocycles. The number of H-pyrrole nitrogens is 1. The first-order valence-corrected chi connectivity index (χ1v) is 5.12. The topological polar surface area (TPSA) is 67.0 Å². The molecule has 0 spiro atoms. The Balaban J connectivity index is 0.00000120. The average molecular weight is 238 g/mol. The Labute approximate surface area is 105 Å². The Hall–Kier alpha value is -2.50. The fourth-order valence-corrected chi connectivity index (χ4v) is 1.58. The minimum atomic E-state index is -0.278. The normalized spacial score (nSPS) is 15.3. The lowest BCUT2D eigenvalue weighted by molar-refractivity contribution is -0.115. The average Bonchev–Trinajstić information content (AvgIpc) is 2.83. The zero-order chi connectivity index (χ0) is 11.7. The molecule has 2 aromatic rings. The van der Waals surface area contributed by atoms with E-state index in [1.54, 1.807) is 30.6 Å². The van der Waals surface area contributed by atoms with Crippen molar-refractivity contribution in [2.45, 2.75) is 0 Å². The van der Waals surface area contributed by atoms with Gasteiger partial charge in [0, 0.05) is 26.9 Å². The van der Waals surface area contributed by atoms with Crippen LogP contribution in [0.15, 0.2) is 42.4 Å². The van der Waals surface area contributed by atoms with Crippen LogP contribution >= 0.6 is 0 Å². The van der Waals surface area contributed by atoms with Gasteiger partial charge in [-0.1, -0.05) is 12.1 Å². The number of hydrogen-bond donors (Lipinski definition) is 2. The van der Waals surface area contributed by atoms with Gasteiger partial charge >= 0.3 is 0 Å². The SMILES string of the molecule is O=C1Nc2ccccc2OC1=Cc1ncc[nH]1.[B]. The largest absolute Gasteiger partial charge is 0.449 e. The molecule has 0 bridgehead atoms. The number of benzene rings is 1. The summed E-state index contributed by atoms with van der Waals surface area (Å²) in [5, 5.41) is 2.75. The van der Waals surface area contributed by atoms with Crippen molar-refractivity contribution in [3.63, 3.8) is 0 Å². The maximum absolute atomic E-state index is 11.7. The lowest BCUT2D eigenvalue weighted by Crippen LogP contribution is -2.23. The zero-order valence-electron chi connectivity index (χ0n) is 9.38. The number of fused-ring (bicyclic) bond motifs is 1. The van der Waals surface area contributed by atoms with E-state index >= 15 is 0 Å². The number of carbonyl (C=O) groups is 1. The Morgan fingerprint density at radius 3 is 2.89 bits per heavy atom. The number of carbonyl (C=O) groups excluding carboxylic acids is 1. The highest BCUT2D eigenvalue weighted by Gasteiger charge is 2.21. The number of nitrogens with zero attached hydrogens (tertiary/aromatic N) is 1. The highest BCUT2D eigenvalue weighted by atomic mass is 16.5. The Kier molecular flexibility index (Phi) is 3.19. The van der Waals surface area contributed by atoms with Gasteiger partial charge in [-0.25, -0.2) is 4.98 Å². The highest BCUT2D eigenvalue weighted by molar-refractivity contribution is 6.07. The first kappa shape index (κ1) is 12.0. The van der Waals surface area contributed by atoms with Crippen LogP contribution in [0.5, 0.6) is 5.75 Å². The fraction of sp³-hybridized carbons (Fsp3) is 0. The van der Waals surface area contributed by atoms with Crippen molar-refractivity contribution in [3.8, 4) is 5.75 Å². The number of nitrogens with one attached hydrogen (secondary N) is 2. The molecule has 5 nitrogen and oxygen atoms in total. The number of aromatic nitrogens is 2. The lowest BCUT2D eigenvalue weighted by Gasteiger charge is -2.19. The Bertz CT molecular complexity index is 593. The second-order valence-corrected chi connectivity index (χ2v) is 3.54. The van der Waals surface area contributed by atoms with Gasteiger partial charge in [-0.05, 0) is 12.1 Å². The summed E-state index contributed by atoms with van der Waals surface area (Å²) < 4.78 is 5.51. The quantitative estimate of drug-likeness (QED) is 0.582. The number of aromatic amines is 1. The van der Waals surface area contributed by atoms with E-state index in [9.17, 15) is 4.79 Å². The summed E-state index contributed by atoms with van der Waals surface area (Å²) in [4.78, 5) is 18.6. The molecule has 2 heterocycles. The van der Waals surface area contributed by atoms with Crippen molar-refractivity contribution in [1.29, 1.82) is 0 Å². The zero-order valence-corrected chi connectivity index (χ0v) is 9.38. The van der Waals surface area contributed by atoms with Crippen molar-refractivity contribution >= 4 is 26.1 Å². The van der Waals surface area contributed by atoms with Gasteiger partial charge < -0.3 is 15.0 Å². The van der Waals surface area contributed by atoms with Crippen LogP contribution in [0.1, 0.15) is 5.82 Å². The molecule has 2 N–H and O–H groups in total. The Morgan fingerprint density at radius 2 is 2.11 bits per heavy atom. The molecule has 6 heteroatoms. The predicted molar refractivity (Wildman–Crippen MR) is 68.0 cm³/mol. The van der Waals surface area contributed by atoms with Crippen LogP contribution in [0, 0.1) is 0 Å². The van der Waals surface area contributed by atoms with Crippen molar-refractivity contribution in [2.24, 2.45) is 0 Å². The number of ether oxygens (including phenoxy) is 1. The number of rotatable bonds is 1. The van der Waals surface area contributed by atoms with Gasteiger partial charge in [0.25, 0.3) is 5.91 Å². The third-order valence-electron chi connectivity index (χ3n) is 2.37. The minimum Gasteiger partial charge on any atom is -0.449 e. The van der Waals surface area contributed by atoms with Gasteiger partial charge in [0.1, 0.15) is 5.82 Å². The number of imidazole rings is 1. The van der Waals surface area contributed by atoms with E-state index in [0.717, 1.165) is 0 Å². The summed E-state index contributed by atoms with van der Waals surface area (Å²) in [5.41, 5.74) is 0.675. The van der Waals surface area contributed by atoms with E-state index in [1.807, 2.05) is 12.1 Å². The van der Waals surface area contributed by atoms with Crippen LogP contribution in [0.25, 0.3) is 6.08 Å². The van der Waals surface area contributed by atoms with E-state index in [4.69, 9.17) is 4.74 Å². The lowest BCUT2D eigenvalue weighted by atomic mass is 10.2. The van der Waals surface area contributed by atoms with Gasteiger partial charge in [0.2, 0.25) is 0 Å². The molecule has 87 valence electrons. The third-order valence-corrected chi connectivity index (χ3v) is 2.37. The van der Waals surface area contributed by atoms with E-state index < -0.39 is 0 Å². The second-order valence-electron chi connectivity index (χ2n) is 3.54. The smallest absolute Gasteiger partial charge is 0.291 e. The summed E-state index contributed by atoms with van der Waals surface area (Å²) in [7, 11) is 0. The van der Waals surface area contributed by atoms with Gasteiger partial charge in [-0.15, -0.1) is 0 Å². The molecule has 3 rings (SSSR count). The van der Waals surface area contributed by atoms with E-state index in [1.165, 1.54) is 0 Å². The molecule has 1 aliphatic rings. The van der Waals surface area contributed by atoms with Gasteiger partial charge in [-0.3, -0.25) is 4.79 Å². The molecule has 1 amide bonds. The predicted octanol–water partition coefficient (Wildman–Crippen LogP) is 1.40. The summed E-state index contributed by atoms with van der Waals surface area (Å²) in [6.45, 7) is 0. The van der Waals surface area contributed by atoms with E-state index in [0.29, 0.717) is 17.3 Å². The number of para-hydroxylation sites is 2. The van der Waals surface area contributed by atoms with Crippen LogP contribution in [-0.4, -0.2) is 24.3 Å². The summed E-state index contributed by atoms with van der Waals surface area (Å²) in [6.07, 6.45) is 4.85. The summed E-state index contributed by atoms with van der Waals surface area (Å²) in [6, 6.07) is 7.27. The maximum Gasteiger partial charge on any atom is 0.291 e. The summed E-state index contributed by atoms with van der Waals surface area (Å²) >= 11 is 0. The van der Waals surface area contributed by atoms with Crippen LogP contribution < -0.4 is 10.1 Å². The second kappa shape index (κ2) is 4.79. The molecular weight excluding hydrogens is 229 g/mol. The van der Waals surface area contributed by atoms with Crippen LogP contribution in [0.3, 0.4) is 0 Å². The van der Waals surface area contributed by atoms with E-state index in [2.05, 4.69) is 15.3 Å². The number of amides is 1. The van der Waals surface area contributed by atoms with Crippen LogP contribution in [-0.2, 0) is 4.79 Å². The molecule has 1 aliphatic heterocycles. The number of hydrogen-bond acceptors (Lipinski definition) is 3. The van der Waals surface area contributed by atoms with Gasteiger partial charge in [0.15, 0.2) is 11.5 Å². The monoisotopic (exact) mass is 238 g/mol. The highest BCUT2D eigenvalue weighted by Crippen LogP contribution is 2.30. The van der Waals surface area contributed by atoms with Crippen molar-refractivity contribution in [2.75, 3.05) is 5.32 Å². The first-order chi connectivity index (χ1) is 8.33. The molecule has 0 fully saturated rings. The molecule has 0 atom stereocenters. The Morgan fingerprint density at radius 1 is 1.28 bits per heavy atom. The fourth-order valence-electron chi connectivity index (χ4n) is 1.58. The molecule has 1 aromatic heterocycles. The molecule has 1 aromatic carbocycles. The molecule has 18 heavy (non-hydrogen) atoms. The third kappa shape index (κ3) is 2.13. The summed E-state index contributed by atoms with van der Waals surface area (Å²) in [5.74, 6) is 1.15. The van der Waals surface area contributed by atoms with Crippen LogP contribution in [0.2, 0.25) is 0 Å². The molecular formula is C12H9BN3O2. The first-order valence-electron chi connectivity index (χ1n) is 5.12. The van der Waals surface area contributed by atoms with Crippen molar-refractivity contribution in [3.05, 3.63) is 48.2 Å². The van der Waals surface area contributed by atoms with Crippen molar-refractivity contribution < 1.29 is 9.53 Å². The number of anilines is 1.